The first-order valence-electron chi connectivity index (χ1n) is 13.8. The zero-order valence-electron chi connectivity index (χ0n) is 22.1. The van der Waals surface area contributed by atoms with Crippen molar-refractivity contribution in [2.24, 2.45) is 0 Å². The molecule has 9 nitrogen and oxygen atoms in total. The van der Waals surface area contributed by atoms with Crippen molar-refractivity contribution in [1.29, 1.82) is 0 Å². The van der Waals surface area contributed by atoms with Crippen LogP contribution in [0.25, 0.3) is 0 Å². The van der Waals surface area contributed by atoms with E-state index in [-0.39, 0.29) is 23.7 Å². The Balaban J connectivity index is 1.02. The van der Waals surface area contributed by atoms with E-state index in [1.807, 2.05) is 41.2 Å². The summed E-state index contributed by atoms with van der Waals surface area (Å²) in [6.07, 6.45) is 6.56. The molecule has 3 amide bonds. The molecule has 206 valence electrons. The van der Waals surface area contributed by atoms with Gasteiger partial charge in [-0.1, -0.05) is 35.9 Å². The van der Waals surface area contributed by atoms with Crippen molar-refractivity contribution in [2.45, 2.75) is 56.8 Å². The van der Waals surface area contributed by atoms with Gasteiger partial charge in [-0.05, 0) is 50.0 Å². The molecular formula is C30H30ClN5O4. The Morgan fingerprint density at radius 1 is 1.07 bits per heavy atom. The van der Waals surface area contributed by atoms with E-state index >= 15 is 0 Å². The highest BCUT2D eigenvalue weighted by Crippen LogP contribution is 2.49. The van der Waals surface area contributed by atoms with Crippen LogP contribution in [0.15, 0.2) is 48.8 Å². The van der Waals surface area contributed by atoms with Crippen molar-refractivity contribution in [3.8, 4) is 5.75 Å². The fourth-order valence-electron chi connectivity index (χ4n) is 6.67. The molecule has 0 radical (unpaired) electrons. The summed E-state index contributed by atoms with van der Waals surface area (Å²) in [5.74, 6) is -0.0289. The Bertz CT molecular complexity index is 1530. The van der Waals surface area contributed by atoms with Gasteiger partial charge in [0.15, 0.2) is 0 Å². The molecular weight excluding hydrogens is 530 g/mol. The maximum Gasteiger partial charge on any atom is 0.255 e. The second-order valence-electron chi connectivity index (χ2n) is 11.4. The summed E-state index contributed by atoms with van der Waals surface area (Å²) >= 11 is 6.32. The molecule has 10 heteroatoms. The molecule has 1 unspecified atom stereocenters. The van der Waals surface area contributed by atoms with Crippen LogP contribution in [0.1, 0.15) is 58.3 Å². The number of amides is 3. The molecule has 7 rings (SSSR count). The summed E-state index contributed by atoms with van der Waals surface area (Å²) in [5.41, 5.74) is 4.81. The van der Waals surface area contributed by atoms with Gasteiger partial charge in [0.25, 0.3) is 5.91 Å². The molecule has 40 heavy (non-hydrogen) atoms. The van der Waals surface area contributed by atoms with Crippen molar-refractivity contribution in [3.05, 3.63) is 81.6 Å². The number of halogens is 1. The number of carbonyl (C=O) groups is 3. The number of rotatable bonds is 5. The summed E-state index contributed by atoms with van der Waals surface area (Å²) in [5, 5.41) is 7.66. The van der Waals surface area contributed by atoms with Crippen LogP contribution in [0.2, 0.25) is 5.02 Å². The van der Waals surface area contributed by atoms with Crippen LogP contribution >= 0.6 is 11.6 Å². The smallest absolute Gasteiger partial charge is 0.255 e. The van der Waals surface area contributed by atoms with E-state index in [0.29, 0.717) is 31.7 Å². The van der Waals surface area contributed by atoms with Crippen LogP contribution < -0.4 is 10.1 Å². The van der Waals surface area contributed by atoms with Gasteiger partial charge in [0.05, 0.1) is 25.9 Å². The first kappa shape index (κ1) is 25.3. The standard InChI is InChI=1S/C30H30ClN5O4/c31-24-4-2-1-3-20(24)16-35-15-19(13-32-35)14-34-11-9-30(10-12-34)18-40-27-22-17-36(25-7-8-26(37)33-28(25)38)29(39)21(22)5-6-23(27)30/h1-6,13,15,25H,7-12,14,16-18H2,(H,33,37,38). The third-order valence-corrected chi connectivity index (χ3v) is 9.30. The molecule has 2 saturated heterocycles. The number of nitrogens with zero attached hydrogens (tertiary/aromatic N) is 4. The summed E-state index contributed by atoms with van der Waals surface area (Å²) in [6.45, 7) is 4.31. The van der Waals surface area contributed by atoms with Gasteiger partial charge in [-0.15, -0.1) is 0 Å². The molecule has 1 atom stereocenters. The molecule has 1 aromatic heterocycles. The molecule has 4 aliphatic heterocycles. The molecule has 0 bridgehead atoms. The number of carbonyl (C=O) groups excluding carboxylic acids is 3. The lowest BCUT2D eigenvalue weighted by atomic mass is 9.74. The Morgan fingerprint density at radius 3 is 2.70 bits per heavy atom. The van der Waals surface area contributed by atoms with Crippen LogP contribution in [0, 0.1) is 0 Å². The Morgan fingerprint density at radius 2 is 1.90 bits per heavy atom. The van der Waals surface area contributed by atoms with E-state index < -0.39 is 11.9 Å². The fraction of sp³-hybridized carbons (Fsp3) is 0.400. The Kier molecular flexibility index (Phi) is 6.16. The van der Waals surface area contributed by atoms with Crippen molar-refractivity contribution in [1.82, 2.24) is 24.9 Å². The minimum Gasteiger partial charge on any atom is -0.492 e. The lowest BCUT2D eigenvalue weighted by molar-refractivity contribution is -0.136. The molecule has 4 aliphatic rings. The second kappa shape index (κ2) is 9.74. The number of imide groups is 1. The van der Waals surface area contributed by atoms with Crippen LogP contribution in [0.4, 0.5) is 0 Å². The number of hydrogen-bond donors (Lipinski definition) is 1. The van der Waals surface area contributed by atoms with Gasteiger partial charge in [0.2, 0.25) is 11.8 Å². The van der Waals surface area contributed by atoms with E-state index in [2.05, 4.69) is 27.6 Å². The summed E-state index contributed by atoms with van der Waals surface area (Å²) < 4.78 is 8.24. The maximum atomic E-state index is 13.2. The zero-order valence-corrected chi connectivity index (χ0v) is 22.8. The monoisotopic (exact) mass is 559 g/mol. The number of hydrogen-bond acceptors (Lipinski definition) is 6. The summed E-state index contributed by atoms with van der Waals surface area (Å²) in [4.78, 5) is 41.3. The van der Waals surface area contributed by atoms with E-state index in [1.54, 1.807) is 4.90 Å². The quantitative estimate of drug-likeness (QED) is 0.482. The van der Waals surface area contributed by atoms with Crippen LogP contribution in [-0.2, 0) is 34.6 Å². The van der Waals surface area contributed by atoms with Gasteiger partial charge in [-0.3, -0.25) is 29.3 Å². The largest absolute Gasteiger partial charge is 0.492 e. The molecule has 1 spiro atoms. The van der Waals surface area contributed by atoms with Crippen LogP contribution in [0.3, 0.4) is 0 Å². The van der Waals surface area contributed by atoms with E-state index in [9.17, 15) is 14.4 Å². The van der Waals surface area contributed by atoms with Crippen molar-refractivity contribution in [2.75, 3.05) is 19.7 Å². The summed E-state index contributed by atoms with van der Waals surface area (Å²) in [7, 11) is 0. The highest BCUT2D eigenvalue weighted by molar-refractivity contribution is 6.31. The highest BCUT2D eigenvalue weighted by Gasteiger charge is 2.47. The Hall–Kier alpha value is -3.69. The topological polar surface area (TPSA) is 96.8 Å². The number of fused-ring (bicyclic) bond motifs is 4. The first-order chi connectivity index (χ1) is 19.4. The number of likely N-dealkylation sites (tertiary alicyclic amines) is 1. The minimum absolute atomic E-state index is 0.0692. The molecule has 0 aliphatic carbocycles. The average molecular weight is 560 g/mol. The number of piperidine rings is 2. The fourth-order valence-corrected chi connectivity index (χ4v) is 6.87. The van der Waals surface area contributed by atoms with E-state index in [0.717, 1.165) is 54.4 Å². The first-order valence-corrected chi connectivity index (χ1v) is 14.2. The number of ether oxygens (including phenoxy) is 1. The number of aromatic nitrogens is 2. The molecule has 3 aromatic rings. The lowest BCUT2D eigenvalue weighted by Gasteiger charge is -2.38. The molecule has 2 aromatic carbocycles. The highest BCUT2D eigenvalue weighted by atomic mass is 35.5. The maximum absolute atomic E-state index is 13.2. The van der Waals surface area contributed by atoms with E-state index in [4.69, 9.17) is 16.3 Å². The zero-order chi connectivity index (χ0) is 27.4. The van der Waals surface area contributed by atoms with Gasteiger partial charge < -0.3 is 9.64 Å². The van der Waals surface area contributed by atoms with Crippen molar-refractivity contribution < 1.29 is 19.1 Å². The Labute approximate surface area is 237 Å². The predicted molar refractivity (Wildman–Crippen MR) is 147 cm³/mol. The van der Waals surface area contributed by atoms with Crippen LogP contribution in [-0.4, -0.2) is 63.0 Å². The second-order valence-corrected chi connectivity index (χ2v) is 11.8. The third kappa shape index (κ3) is 4.28. The van der Waals surface area contributed by atoms with Crippen molar-refractivity contribution in [3.63, 3.8) is 0 Å². The third-order valence-electron chi connectivity index (χ3n) is 8.93. The molecule has 5 heterocycles. The SMILES string of the molecule is O=C1CCC(N2Cc3c(ccc4c3OCC43CCN(Cc4cnn(Cc5ccccc5Cl)c4)CC3)C2=O)C(=O)N1. The molecule has 1 N–H and O–H groups in total. The normalized spacial score (nSPS) is 21.9. The minimum atomic E-state index is -0.624. The van der Waals surface area contributed by atoms with E-state index in [1.165, 1.54) is 11.1 Å². The molecule has 2 fully saturated rings. The number of nitrogens with one attached hydrogen (secondary N) is 1. The summed E-state index contributed by atoms with van der Waals surface area (Å²) in [6, 6.07) is 11.2. The van der Waals surface area contributed by atoms with Gasteiger partial charge in [-0.2, -0.15) is 5.10 Å². The lowest BCUT2D eigenvalue weighted by Crippen LogP contribution is -2.52. The molecule has 0 saturated carbocycles. The predicted octanol–water partition coefficient (Wildman–Crippen LogP) is 3.27. The van der Waals surface area contributed by atoms with Gasteiger partial charge in [0, 0.05) is 51.9 Å². The van der Waals surface area contributed by atoms with Gasteiger partial charge in [0.1, 0.15) is 11.8 Å². The van der Waals surface area contributed by atoms with Gasteiger partial charge in [-0.25, -0.2) is 0 Å². The number of benzene rings is 2. The van der Waals surface area contributed by atoms with Crippen molar-refractivity contribution >= 4 is 29.3 Å². The van der Waals surface area contributed by atoms with Crippen LogP contribution in [0.5, 0.6) is 5.75 Å². The van der Waals surface area contributed by atoms with Gasteiger partial charge >= 0.3 is 0 Å². The average Bonchev–Trinajstić information content (AvgIpc) is 3.63.